The minimum absolute atomic E-state index is 0.293. The maximum absolute atomic E-state index is 5.28. The molecule has 1 saturated heterocycles. The van der Waals surface area contributed by atoms with Gasteiger partial charge in [-0.2, -0.15) is 0 Å². The van der Waals surface area contributed by atoms with Gasteiger partial charge in [-0.25, -0.2) is 4.98 Å². The van der Waals surface area contributed by atoms with Crippen molar-refractivity contribution in [2.45, 2.75) is 39.3 Å². The molecule has 0 bridgehead atoms. The first-order valence-corrected chi connectivity index (χ1v) is 8.60. The average molecular weight is 335 g/mol. The van der Waals surface area contributed by atoms with Crippen LogP contribution in [0.1, 0.15) is 41.6 Å². The molecule has 1 unspecified atom stereocenters. The molecule has 6 heteroatoms. The highest BCUT2D eigenvalue weighted by Gasteiger charge is 2.28. The highest BCUT2D eigenvalue weighted by atomic mass is 16.5. The predicted octanol–water partition coefficient (Wildman–Crippen LogP) is 3.48. The van der Waals surface area contributed by atoms with E-state index in [4.69, 9.17) is 9.51 Å². The van der Waals surface area contributed by atoms with Gasteiger partial charge in [0.2, 0.25) is 0 Å². The van der Waals surface area contributed by atoms with Crippen molar-refractivity contribution in [3.05, 3.63) is 59.6 Å². The Balaban J connectivity index is 1.62. The van der Waals surface area contributed by atoms with Gasteiger partial charge in [0, 0.05) is 18.9 Å². The first kappa shape index (κ1) is 15.9. The van der Waals surface area contributed by atoms with Gasteiger partial charge in [0.05, 0.1) is 41.1 Å². The molecule has 0 N–H and O–H groups in total. The number of nitrogens with zero attached hydrogens (tertiary/aromatic N) is 5. The van der Waals surface area contributed by atoms with E-state index in [1.54, 1.807) is 6.20 Å². The fraction of sp³-hybridized carbons (Fsp3) is 0.368. The highest BCUT2D eigenvalue weighted by molar-refractivity contribution is 5.62. The summed E-state index contributed by atoms with van der Waals surface area (Å²) in [7, 11) is 0. The molecule has 3 aromatic rings. The van der Waals surface area contributed by atoms with Crippen LogP contribution in [0.4, 0.5) is 0 Å². The molecule has 4 heterocycles. The van der Waals surface area contributed by atoms with Crippen LogP contribution in [-0.2, 0) is 6.54 Å². The molecule has 0 saturated carbocycles. The number of hydrogen-bond donors (Lipinski definition) is 0. The van der Waals surface area contributed by atoms with Crippen LogP contribution in [0.15, 0.2) is 41.4 Å². The molecule has 1 atom stereocenters. The van der Waals surface area contributed by atoms with E-state index in [0.29, 0.717) is 6.04 Å². The molecule has 1 aliphatic rings. The number of hydrogen-bond acceptors (Lipinski definition) is 6. The Morgan fingerprint density at radius 3 is 2.76 bits per heavy atom. The molecular formula is C19H21N5O. The van der Waals surface area contributed by atoms with Crippen LogP contribution in [0.5, 0.6) is 0 Å². The van der Waals surface area contributed by atoms with Crippen molar-refractivity contribution in [2.75, 3.05) is 6.54 Å². The molecule has 0 spiro atoms. The van der Waals surface area contributed by atoms with Crippen molar-refractivity contribution in [3.8, 4) is 11.3 Å². The number of aryl methyl sites for hydroxylation is 2. The zero-order valence-electron chi connectivity index (χ0n) is 14.5. The van der Waals surface area contributed by atoms with Gasteiger partial charge in [-0.15, -0.1) is 0 Å². The topological polar surface area (TPSA) is 67.9 Å². The quantitative estimate of drug-likeness (QED) is 0.727. The van der Waals surface area contributed by atoms with Crippen LogP contribution in [0.2, 0.25) is 0 Å². The summed E-state index contributed by atoms with van der Waals surface area (Å²) >= 11 is 0. The van der Waals surface area contributed by atoms with Crippen LogP contribution in [0, 0.1) is 13.8 Å². The Labute approximate surface area is 146 Å². The van der Waals surface area contributed by atoms with Gasteiger partial charge in [0.25, 0.3) is 0 Å². The smallest absolute Gasteiger partial charge is 0.143 e. The SMILES string of the molecule is Cc1noc(C)c1-c1cncc(C2CCCN2Cc2ccncc2)n1. The molecule has 128 valence electrons. The van der Waals surface area contributed by atoms with E-state index in [0.717, 1.165) is 47.9 Å². The average Bonchev–Trinajstić information content (AvgIpc) is 3.22. The van der Waals surface area contributed by atoms with Gasteiger partial charge in [-0.3, -0.25) is 14.9 Å². The third-order valence-electron chi connectivity index (χ3n) is 4.78. The van der Waals surface area contributed by atoms with Crippen molar-refractivity contribution in [1.82, 2.24) is 25.0 Å². The summed E-state index contributed by atoms with van der Waals surface area (Å²) in [4.78, 5) is 15.9. The van der Waals surface area contributed by atoms with Crippen LogP contribution in [0.25, 0.3) is 11.3 Å². The highest BCUT2D eigenvalue weighted by Crippen LogP contribution is 2.33. The number of aromatic nitrogens is 4. The van der Waals surface area contributed by atoms with Gasteiger partial charge >= 0.3 is 0 Å². The second-order valence-electron chi connectivity index (χ2n) is 6.51. The van der Waals surface area contributed by atoms with Crippen molar-refractivity contribution < 1.29 is 4.52 Å². The molecule has 0 aliphatic carbocycles. The van der Waals surface area contributed by atoms with E-state index in [1.165, 1.54) is 12.0 Å². The minimum atomic E-state index is 0.293. The summed E-state index contributed by atoms with van der Waals surface area (Å²) < 4.78 is 5.28. The van der Waals surface area contributed by atoms with E-state index in [-0.39, 0.29) is 0 Å². The van der Waals surface area contributed by atoms with Gasteiger partial charge in [0.1, 0.15) is 5.76 Å². The standard InChI is InChI=1S/C19H21N5O/c1-13-19(14(2)25-23-13)17-11-21-10-16(22-17)18-4-3-9-24(18)12-15-5-7-20-8-6-15/h5-8,10-11,18H,3-4,9,12H2,1-2H3. The van der Waals surface area contributed by atoms with Crippen LogP contribution >= 0.6 is 0 Å². The molecule has 0 radical (unpaired) electrons. The number of pyridine rings is 1. The summed E-state index contributed by atoms with van der Waals surface area (Å²) in [6.07, 6.45) is 9.64. The van der Waals surface area contributed by atoms with E-state index in [2.05, 4.69) is 32.2 Å². The van der Waals surface area contributed by atoms with Crippen molar-refractivity contribution in [2.24, 2.45) is 0 Å². The van der Waals surface area contributed by atoms with Crippen molar-refractivity contribution in [3.63, 3.8) is 0 Å². The molecule has 3 aromatic heterocycles. The van der Waals surface area contributed by atoms with Gasteiger partial charge < -0.3 is 4.52 Å². The Hall–Kier alpha value is -2.60. The van der Waals surface area contributed by atoms with Crippen LogP contribution < -0.4 is 0 Å². The summed E-state index contributed by atoms with van der Waals surface area (Å²) in [5.74, 6) is 0.781. The first-order chi connectivity index (χ1) is 12.2. The Kier molecular flexibility index (Phi) is 4.28. The van der Waals surface area contributed by atoms with Gasteiger partial charge in [-0.1, -0.05) is 5.16 Å². The minimum Gasteiger partial charge on any atom is -0.361 e. The van der Waals surface area contributed by atoms with Crippen molar-refractivity contribution >= 4 is 0 Å². The summed E-state index contributed by atoms with van der Waals surface area (Å²) in [5.41, 5.74) is 4.93. The maximum atomic E-state index is 5.28. The summed E-state index contributed by atoms with van der Waals surface area (Å²) in [5, 5.41) is 4.03. The summed E-state index contributed by atoms with van der Waals surface area (Å²) in [6, 6.07) is 4.43. The maximum Gasteiger partial charge on any atom is 0.143 e. The Bertz CT molecular complexity index is 842. The van der Waals surface area contributed by atoms with E-state index in [9.17, 15) is 0 Å². The van der Waals surface area contributed by atoms with Gasteiger partial charge in [0.15, 0.2) is 0 Å². The first-order valence-electron chi connectivity index (χ1n) is 8.60. The van der Waals surface area contributed by atoms with Crippen LogP contribution in [0.3, 0.4) is 0 Å². The van der Waals surface area contributed by atoms with Gasteiger partial charge in [-0.05, 0) is 50.9 Å². The van der Waals surface area contributed by atoms with E-state index >= 15 is 0 Å². The zero-order valence-corrected chi connectivity index (χ0v) is 14.5. The fourth-order valence-corrected chi connectivity index (χ4v) is 3.58. The third-order valence-corrected chi connectivity index (χ3v) is 4.78. The molecule has 1 fully saturated rings. The third kappa shape index (κ3) is 3.17. The fourth-order valence-electron chi connectivity index (χ4n) is 3.58. The molecule has 4 rings (SSSR count). The van der Waals surface area contributed by atoms with Crippen LogP contribution in [-0.4, -0.2) is 31.6 Å². The monoisotopic (exact) mass is 335 g/mol. The molecular weight excluding hydrogens is 314 g/mol. The lowest BCUT2D eigenvalue weighted by atomic mass is 10.1. The molecule has 25 heavy (non-hydrogen) atoms. The predicted molar refractivity (Wildman–Crippen MR) is 93.6 cm³/mol. The molecule has 0 amide bonds. The van der Waals surface area contributed by atoms with E-state index < -0.39 is 0 Å². The lowest BCUT2D eigenvalue weighted by Crippen LogP contribution is -2.23. The number of likely N-dealkylation sites (tertiary alicyclic amines) is 1. The lowest BCUT2D eigenvalue weighted by Gasteiger charge is -2.24. The zero-order chi connectivity index (χ0) is 17.2. The second-order valence-corrected chi connectivity index (χ2v) is 6.51. The second kappa shape index (κ2) is 6.72. The molecule has 6 nitrogen and oxygen atoms in total. The normalized spacial score (nSPS) is 17.9. The van der Waals surface area contributed by atoms with E-state index in [1.807, 2.05) is 32.4 Å². The summed E-state index contributed by atoms with van der Waals surface area (Å²) in [6.45, 7) is 5.83. The Morgan fingerprint density at radius 2 is 2.00 bits per heavy atom. The lowest BCUT2D eigenvalue weighted by molar-refractivity contribution is 0.244. The number of rotatable bonds is 4. The Morgan fingerprint density at radius 1 is 1.16 bits per heavy atom. The van der Waals surface area contributed by atoms with Crippen molar-refractivity contribution in [1.29, 1.82) is 0 Å². The largest absolute Gasteiger partial charge is 0.361 e. The molecule has 0 aromatic carbocycles. The molecule has 1 aliphatic heterocycles.